The molecule has 7 nitrogen and oxygen atoms in total. The van der Waals surface area contributed by atoms with E-state index in [0.717, 1.165) is 12.1 Å². The van der Waals surface area contributed by atoms with Gasteiger partial charge in [-0.1, -0.05) is 6.92 Å². The van der Waals surface area contributed by atoms with Crippen LogP contribution in [0.25, 0.3) is 0 Å². The summed E-state index contributed by atoms with van der Waals surface area (Å²) in [4.78, 5) is 15.7. The highest BCUT2D eigenvalue weighted by atomic mass is 16.2. The molecule has 18 heavy (non-hydrogen) atoms. The molecule has 2 aromatic heterocycles. The molecule has 0 saturated carbocycles. The molecule has 0 unspecified atom stereocenters. The molecule has 0 aliphatic rings. The van der Waals surface area contributed by atoms with Gasteiger partial charge in [-0.05, 0) is 6.07 Å². The predicted octanol–water partition coefficient (Wildman–Crippen LogP) is 0.0731. The normalized spacial score (nSPS) is 10.6. The molecular formula is C11H16N6O. The lowest BCUT2D eigenvalue weighted by atomic mass is 10.3. The molecule has 0 saturated heterocycles. The van der Waals surface area contributed by atoms with Crippen molar-refractivity contribution in [1.82, 2.24) is 30.3 Å². The van der Waals surface area contributed by atoms with E-state index in [1.165, 1.54) is 0 Å². The van der Waals surface area contributed by atoms with Gasteiger partial charge >= 0.3 is 0 Å². The predicted molar refractivity (Wildman–Crippen MR) is 65.0 cm³/mol. The fourth-order valence-electron chi connectivity index (χ4n) is 1.53. The second kappa shape index (κ2) is 5.44. The Hall–Kier alpha value is -2.18. The lowest BCUT2D eigenvalue weighted by molar-refractivity contribution is 0.0944. The molecule has 0 aliphatic carbocycles. The number of carbonyl (C=O) groups excluding carboxylic acids is 1. The number of amides is 1. The zero-order valence-electron chi connectivity index (χ0n) is 10.5. The lowest BCUT2D eigenvalue weighted by Gasteiger charge is -2.00. The molecule has 2 rings (SSSR count). The minimum absolute atomic E-state index is 0.188. The monoisotopic (exact) mass is 248 g/mol. The van der Waals surface area contributed by atoms with Crippen molar-refractivity contribution in [2.75, 3.05) is 6.54 Å². The molecule has 0 radical (unpaired) electrons. The van der Waals surface area contributed by atoms with E-state index in [1.54, 1.807) is 4.68 Å². The number of carbonyl (C=O) groups is 1. The number of rotatable bonds is 5. The summed E-state index contributed by atoms with van der Waals surface area (Å²) in [7, 11) is 1.86. The average Bonchev–Trinajstić information content (AvgIpc) is 2.98. The molecule has 0 aromatic carbocycles. The molecule has 1 amide bonds. The number of aryl methyl sites for hydroxylation is 2. The molecule has 0 aliphatic heterocycles. The topological polar surface area (TPSA) is 88.5 Å². The van der Waals surface area contributed by atoms with Crippen LogP contribution in [0.2, 0.25) is 0 Å². The van der Waals surface area contributed by atoms with Crippen LogP contribution in [0.5, 0.6) is 0 Å². The van der Waals surface area contributed by atoms with E-state index >= 15 is 0 Å². The zero-order valence-corrected chi connectivity index (χ0v) is 10.5. The minimum atomic E-state index is -0.262. The van der Waals surface area contributed by atoms with Crippen LogP contribution < -0.4 is 5.32 Å². The fraction of sp³-hybridized carbons (Fsp3) is 0.455. The van der Waals surface area contributed by atoms with E-state index in [2.05, 4.69) is 25.6 Å². The molecular weight excluding hydrogens is 232 g/mol. The van der Waals surface area contributed by atoms with Crippen LogP contribution in [0, 0.1) is 0 Å². The number of aromatic amines is 1. The summed E-state index contributed by atoms with van der Waals surface area (Å²) in [5.74, 6) is 0.639. The molecule has 0 atom stereocenters. The van der Waals surface area contributed by atoms with Crippen molar-refractivity contribution in [3.05, 3.63) is 29.6 Å². The molecule has 0 bridgehead atoms. The fourth-order valence-corrected chi connectivity index (χ4v) is 1.53. The molecule has 0 spiro atoms. The Kier molecular flexibility index (Phi) is 3.71. The maximum Gasteiger partial charge on any atom is 0.290 e. The van der Waals surface area contributed by atoms with Crippen LogP contribution in [0.1, 0.15) is 29.1 Å². The zero-order chi connectivity index (χ0) is 13.0. The summed E-state index contributed by atoms with van der Waals surface area (Å²) in [5, 5.41) is 13.5. The Morgan fingerprint density at radius 1 is 1.56 bits per heavy atom. The third-order valence-electron chi connectivity index (χ3n) is 2.51. The average molecular weight is 248 g/mol. The molecule has 2 aromatic rings. The van der Waals surface area contributed by atoms with Crippen molar-refractivity contribution in [3.63, 3.8) is 0 Å². The number of aromatic nitrogens is 5. The van der Waals surface area contributed by atoms with Crippen molar-refractivity contribution < 1.29 is 4.79 Å². The van der Waals surface area contributed by atoms with Gasteiger partial charge in [-0.25, -0.2) is 4.98 Å². The first-order valence-electron chi connectivity index (χ1n) is 5.87. The molecule has 2 N–H and O–H groups in total. The van der Waals surface area contributed by atoms with Crippen LogP contribution in [-0.2, 0) is 19.9 Å². The Labute approximate surface area is 105 Å². The highest BCUT2D eigenvalue weighted by molar-refractivity contribution is 5.90. The van der Waals surface area contributed by atoms with Crippen LogP contribution in [-0.4, -0.2) is 37.4 Å². The quantitative estimate of drug-likeness (QED) is 0.784. The highest BCUT2D eigenvalue weighted by Crippen LogP contribution is 1.96. The Balaban J connectivity index is 1.81. The summed E-state index contributed by atoms with van der Waals surface area (Å²) < 4.78 is 1.74. The number of H-pyrrole nitrogens is 1. The Morgan fingerprint density at radius 2 is 2.39 bits per heavy atom. The first-order valence-corrected chi connectivity index (χ1v) is 5.87. The van der Waals surface area contributed by atoms with Gasteiger partial charge in [0, 0.05) is 32.6 Å². The summed E-state index contributed by atoms with van der Waals surface area (Å²) in [5.41, 5.74) is 0.946. The third kappa shape index (κ3) is 2.93. The minimum Gasteiger partial charge on any atom is -0.349 e. The van der Waals surface area contributed by atoms with E-state index in [0.29, 0.717) is 18.8 Å². The Bertz CT molecular complexity index is 529. The number of nitrogens with zero attached hydrogens (tertiary/aromatic N) is 4. The standard InChI is InChI=1S/C11H16N6O/c1-3-9-13-10(15-14-9)11(18)12-6-4-8-5-7-17(2)16-8/h5,7H,3-4,6H2,1-2H3,(H,12,18)(H,13,14,15). The van der Waals surface area contributed by atoms with Gasteiger partial charge in [0.15, 0.2) is 0 Å². The third-order valence-corrected chi connectivity index (χ3v) is 2.51. The van der Waals surface area contributed by atoms with Gasteiger partial charge < -0.3 is 5.32 Å². The Morgan fingerprint density at radius 3 is 3.00 bits per heavy atom. The van der Waals surface area contributed by atoms with E-state index < -0.39 is 0 Å². The number of nitrogens with one attached hydrogen (secondary N) is 2. The van der Waals surface area contributed by atoms with E-state index in [4.69, 9.17) is 0 Å². The van der Waals surface area contributed by atoms with Gasteiger partial charge in [-0.2, -0.15) is 5.10 Å². The van der Waals surface area contributed by atoms with E-state index in [1.807, 2.05) is 26.2 Å². The second-order valence-electron chi connectivity index (χ2n) is 3.95. The summed E-state index contributed by atoms with van der Waals surface area (Å²) in [6.45, 7) is 2.47. The lowest BCUT2D eigenvalue weighted by Crippen LogP contribution is -2.26. The molecule has 0 fully saturated rings. The van der Waals surface area contributed by atoms with Gasteiger partial charge in [0.05, 0.1) is 5.69 Å². The van der Waals surface area contributed by atoms with E-state index in [-0.39, 0.29) is 11.7 Å². The second-order valence-corrected chi connectivity index (χ2v) is 3.95. The van der Waals surface area contributed by atoms with Crippen LogP contribution in [0.3, 0.4) is 0 Å². The molecule has 96 valence electrons. The molecule has 7 heteroatoms. The van der Waals surface area contributed by atoms with Gasteiger partial charge in [-0.3, -0.25) is 14.6 Å². The van der Waals surface area contributed by atoms with Crippen molar-refractivity contribution in [3.8, 4) is 0 Å². The first-order chi connectivity index (χ1) is 8.69. The van der Waals surface area contributed by atoms with Crippen molar-refractivity contribution in [2.24, 2.45) is 7.05 Å². The smallest absolute Gasteiger partial charge is 0.290 e. The SMILES string of the molecule is CCc1nc(C(=O)NCCc2ccn(C)n2)n[nH]1. The van der Waals surface area contributed by atoms with Crippen LogP contribution in [0.4, 0.5) is 0 Å². The first kappa shape index (κ1) is 12.3. The van der Waals surface area contributed by atoms with Gasteiger partial charge in [0.1, 0.15) is 5.82 Å². The number of hydrogen-bond acceptors (Lipinski definition) is 4. The van der Waals surface area contributed by atoms with Crippen molar-refractivity contribution in [2.45, 2.75) is 19.8 Å². The van der Waals surface area contributed by atoms with Gasteiger partial charge in [0.25, 0.3) is 5.91 Å². The summed E-state index contributed by atoms with van der Waals surface area (Å²) in [6.07, 6.45) is 3.30. The van der Waals surface area contributed by atoms with Crippen LogP contribution in [0.15, 0.2) is 12.3 Å². The van der Waals surface area contributed by atoms with Crippen molar-refractivity contribution in [1.29, 1.82) is 0 Å². The van der Waals surface area contributed by atoms with E-state index in [9.17, 15) is 4.79 Å². The molecule has 2 heterocycles. The maximum atomic E-state index is 11.7. The van der Waals surface area contributed by atoms with Crippen molar-refractivity contribution >= 4 is 5.91 Å². The van der Waals surface area contributed by atoms with Crippen LogP contribution >= 0.6 is 0 Å². The van der Waals surface area contributed by atoms with Gasteiger partial charge in [-0.15, -0.1) is 5.10 Å². The highest BCUT2D eigenvalue weighted by Gasteiger charge is 2.11. The maximum absolute atomic E-state index is 11.7. The number of hydrogen-bond donors (Lipinski definition) is 2. The van der Waals surface area contributed by atoms with Gasteiger partial charge in [0.2, 0.25) is 5.82 Å². The summed E-state index contributed by atoms with van der Waals surface area (Å²) in [6, 6.07) is 1.92. The summed E-state index contributed by atoms with van der Waals surface area (Å²) >= 11 is 0. The largest absolute Gasteiger partial charge is 0.349 e.